The Balaban J connectivity index is -0.000000490. The van der Waals surface area contributed by atoms with Gasteiger partial charge in [0.1, 0.15) is 0 Å². The molecule has 0 saturated heterocycles. The Bertz CT molecular complexity index is 507. The van der Waals surface area contributed by atoms with Crippen molar-refractivity contribution in [3.63, 3.8) is 0 Å². The maximum atomic E-state index is 11.4. The van der Waals surface area contributed by atoms with E-state index in [-0.39, 0.29) is 23.1 Å². The number of alkyl halides is 12. The van der Waals surface area contributed by atoms with E-state index in [1.54, 1.807) is 0 Å². The van der Waals surface area contributed by atoms with Crippen molar-refractivity contribution in [3.8, 4) is 0 Å². The second kappa shape index (κ2) is 13.1. The van der Waals surface area contributed by atoms with Gasteiger partial charge < -0.3 is 27.9 Å². The fourth-order valence-corrected chi connectivity index (χ4v) is 2.05. The molecular formula is C8H8F12MgO8P2. The third-order valence-corrected chi connectivity index (χ3v) is 3.33. The summed E-state index contributed by atoms with van der Waals surface area (Å²) in [7, 11) is -11.2. The van der Waals surface area contributed by atoms with Gasteiger partial charge >= 0.3 is 47.8 Å². The molecule has 0 rings (SSSR count). The summed E-state index contributed by atoms with van der Waals surface area (Å²) in [5.41, 5.74) is 0. The summed E-state index contributed by atoms with van der Waals surface area (Å²) < 4.78 is 170. The smallest absolute Gasteiger partial charge is 0.756 e. The van der Waals surface area contributed by atoms with Crippen LogP contribution in [0.2, 0.25) is 0 Å². The minimum absolute atomic E-state index is 0. The van der Waals surface area contributed by atoms with Gasteiger partial charge in [-0.25, -0.2) is 0 Å². The minimum Gasteiger partial charge on any atom is -0.756 e. The Morgan fingerprint density at radius 1 is 0.484 bits per heavy atom. The van der Waals surface area contributed by atoms with Crippen LogP contribution in [0.3, 0.4) is 0 Å². The van der Waals surface area contributed by atoms with Crippen LogP contribution in [0.25, 0.3) is 0 Å². The molecule has 31 heavy (non-hydrogen) atoms. The maximum absolute atomic E-state index is 11.4. The second-order valence-corrected chi connectivity index (χ2v) is 7.27. The van der Waals surface area contributed by atoms with Crippen molar-refractivity contribution in [2.75, 3.05) is 26.4 Å². The molecule has 0 fully saturated rings. The third kappa shape index (κ3) is 30.1. The molecule has 0 unspecified atom stereocenters. The molecule has 0 aromatic heterocycles. The van der Waals surface area contributed by atoms with Gasteiger partial charge in [0, 0.05) is 0 Å². The molecule has 184 valence electrons. The van der Waals surface area contributed by atoms with Crippen LogP contribution < -0.4 is 9.79 Å². The van der Waals surface area contributed by atoms with Crippen LogP contribution in [0.5, 0.6) is 0 Å². The minimum atomic E-state index is -5.58. The van der Waals surface area contributed by atoms with Crippen molar-refractivity contribution in [1.82, 2.24) is 0 Å². The molecule has 0 aromatic carbocycles. The maximum Gasteiger partial charge on any atom is 2.00 e. The normalized spacial score (nSPS) is 13.9. The van der Waals surface area contributed by atoms with Crippen molar-refractivity contribution in [2.24, 2.45) is 0 Å². The predicted octanol–water partition coefficient (Wildman–Crippen LogP) is 2.84. The van der Waals surface area contributed by atoms with Crippen LogP contribution in [0.1, 0.15) is 0 Å². The van der Waals surface area contributed by atoms with Crippen LogP contribution in [0, 0.1) is 0 Å². The number of phosphoric acid groups is 2. The van der Waals surface area contributed by atoms with Gasteiger partial charge in [0.15, 0.2) is 26.4 Å². The summed E-state index contributed by atoms with van der Waals surface area (Å²) in [6, 6.07) is 0. The fraction of sp³-hybridized carbons (Fsp3) is 1.00. The van der Waals surface area contributed by atoms with Gasteiger partial charge in [0.2, 0.25) is 0 Å². The Hall–Kier alpha value is 0.146. The first-order chi connectivity index (χ1) is 12.8. The molecule has 0 aromatic rings. The average molecular weight is 546 g/mol. The molecule has 0 spiro atoms. The first-order valence-corrected chi connectivity index (χ1v) is 9.22. The fourth-order valence-electron chi connectivity index (χ4n) is 0.684. The number of phosphoric ester groups is 2. The van der Waals surface area contributed by atoms with Crippen LogP contribution in [-0.2, 0) is 27.2 Å². The first kappa shape index (κ1) is 35.7. The van der Waals surface area contributed by atoms with E-state index in [4.69, 9.17) is 0 Å². The largest absolute Gasteiger partial charge is 2.00 e. The molecule has 0 aliphatic carbocycles. The van der Waals surface area contributed by atoms with Crippen molar-refractivity contribution in [1.29, 1.82) is 0 Å². The molecular weight excluding hydrogens is 538 g/mol. The number of hydrogen-bond donors (Lipinski definition) is 0. The van der Waals surface area contributed by atoms with E-state index in [0.29, 0.717) is 0 Å². The van der Waals surface area contributed by atoms with Crippen LogP contribution >= 0.6 is 15.6 Å². The molecule has 0 saturated carbocycles. The second-order valence-electron chi connectivity index (χ2n) is 4.45. The van der Waals surface area contributed by atoms with Crippen molar-refractivity contribution in [3.05, 3.63) is 0 Å². The Morgan fingerprint density at radius 3 is 0.710 bits per heavy atom. The summed E-state index contributed by atoms with van der Waals surface area (Å²) in [5, 5.41) is 0. The topological polar surface area (TPSA) is 117 Å². The molecule has 0 N–H and O–H groups in total. The summed E-state index contributed by atoms with van der Waals surface area (Å²) in [6.45, 7) is -8.92. The van der Waals surface area contributed by atoms with E-state index in [1.165, 1.54) is 0 Å². The van der Waals surface area contributed by atoms with Gasteiger partial charge in [0.05, 0.1) is 0 Å². The average Bonchev–Trinajstić information content (AvgIpc) is 2.46. The molecule has 23 heteroatoms. The third-order valence-electron chi connectivity index (χ3n) is 1.55. The van der Waals surface area contributed by atoms with E-state index < -0.39 is 66.8 Å². The van der Waals surface area contributed by atoms with Gasteiger partial charge in [-0.05, 0) is 0 Å². The van der Waals surface area contributed by atoms with Crippen LogP contribution in [-0.4, -0.2) is 74.2 Å². The van der Waals surface area contributed by atoms with Crippen LogP contribution in [0.15, 0.2) is 0 Å². The van der Waals surface area contributed by atoms with Crippen molar-refractivity contribution < 1.29 is 89.7 Å². The summed E-state index contributed by atoms with van der Waals surface area (Å²) in [5.74, 6) is 0. The van der Waals surface area contributed by atoms with E-state index >= 15 is 0 Å². The number of halogens is 12. The van der Waals surface area contributed by atoms with Crippen molar-refractivity contribution in [2.45, 2.75) is 24.7 Å². The summed E-state index contributed by atoms with van der Waals surface area (Å²) in [4.78, 5) is 20.6. The number of rotatable bonds is 8. The zero-order valence-electron chi connectivity index (χ0n) is 14.2. The van der Waals surface area contributed by atoms with E-state index in [1.807, 2.05) is 0 Å². The first-order valence-electron chi connectivity index (χ1n) is 6.30. The van der Waals surface area contributed by atoms with Gasteiger partial charge in [-0.3, -0.25) is 9.13 Å². The van der Waals surface area contributed by atoms with Crippen LogP contribution in [0.4, 0.5) is 52.7 Å². The van der Waals surface area contributed by atoms with Gasteiger partial charge in [-0.2, -0.15) is 52.7 Å². The van der Waals surface area contributed by atoms with E-state index in [0.717, 1.165) is 0 Å². The Kier molecular flexibility index (Phi) is 15.1. The predicted molar refractivity (Wildman–Crippen MR) is 69.0 cm³/mol. The van der Waals surface area contributed by atoms with Gasteiger partial charge in [0.25, 0.3) is 15.6 Å². The van der Waals surface area contributed by atoms with E-state index in [9.17, 15) is 71.6 Å². The SMILES string of the molecule is O=P([O-])(OCC(F)(F)F)OCC(F)(F)F.O=P([O-])(OCC(F)(F)F)OCC(F)(F)F.[Mg+2]. The Labute approximate surface area is 180 Å². The molecule has 0 radical (unpaired) electrons. The quantitative estimate of drug-likeness (QED) is 0.259. The molecule has 0 heterocycles. The van der Waals surface area contributed by atoms with Crippen molar-refractivity contribution >= 4 is 38.7 Å². The van der Waals surface area contributed by atoms with Gasteiger partial charge in [-0.15, -0.1) is 0 Å². The molecule has 0 aliphatic rings. The Morgan fingerprint density at radius 2 is 0.613 bits per heavy atom. The van der Waals surface area contributed by atoms with E-state index in [2.05, 4.69) is 18.1 Å². The molecule has 0 atom stereocenters. The number of hydrogen-bond acceptors (Lipinski definition) is 8. The molecule has 0 amide bonds. The summed E-state index contributed by atoms with van der Waals surface area (Å²) in [6.07, 6.45) is -19.9. The summed E-state index contributed by atoms with van der Waals surface area (Å²) >= 11 is 0. The van der Waals surface area contributed by atoms with Gasteiger partial charge in [-0.1, -0.05) is 0 Å². The molecule has 8 nitrogen and oxygen atoms in total. The zero-order chi connectivity index (χ0) is 24.7. The molecule has 0 aliphatic heterocycles. The zero-order valence-corrected chi connectivity index (χ0v) is 17.4. The standard InChI is InChI=1S/2C4H5F6O4P.Mg/c2*5-3(6,7)1-13-15(11,12)14-2-4(8,9)10;/h2*1-2H2,(H,11,12);/q;;+2/p-2. The molecule has 0 bridgehead atoms. The monoisotopic (exact) mass is 546 g/mol.